The lowest BCUT2D eigenvalue weighted by Gasteiger charge is -2.02. The first-order valence-corrected chi connectivity index (χ1v) is 9.11. The molecule has 0 spiro atoms. The molecule has 3 aromatic rings. The number of nitro groups is 1. The van der Waals surface area contributed by atoms with E-state index in [0.717, 1.165) is 11.3 Å². The number of anilines is 1. The van der Waals surface area contributed by atoms with Crippen LogP contribution in [0.1, 0.15) is 32.1 Å². The molecule has 0 aliphatic heterocycles. The Kier molecular flexibility index (Phi) is 5.43. The number of aryl methyl sites for hydroxylation is 1. The van der Waals surface area contributed by atoms with Gasteiger partial charge in [0.2, 0.25) is 0 Å². The maximum atomic E-state index is 12.2. The molecule has 1 aromatic carbocycles. The number of nitriles is 1. The van der Waals surface area contributed by atoms with E-state index in [1.54, 1.807) is 32.0 Å². The van der Waals surface area contributed by atoms with Crippen molar-refractivity contribution in [2.45, 2.75) is 13.8 Å². The summed E-state index contributed by atoms with van der Waals surface area (Å²) in [6.45, 7) is 3.40. The Morgan fingerprint density at radius 2 is 2.14 bits per heavy atom. The number of carbonyl (C=O) groups excluding carboxylic acids is 1. The number of nitrogens with zero attached hydrogens (tertiary/aromatic N) is 3. The van der Waals surface area contributed by atoms with E-state index < -0.39 is 10.8 Å². The average Bonchev–Trinajstić information content (AvgIpc) is 3.25. The van der Waals surface area contributed by atoms with Gasteiger partial charge in [-0.25, -0.2) is 5.43 Å². The number of nitrogens with two attached hydrogens (primary N) is 1. The molecule has 0 unspecified atom stereocenters. The van der Waals surface area contributed by atoms with Crippen molar-refractivity contribution in [3.05, 3.63) is 67.8 Å². The van der Waals surface area contributed by atoms with Crippen LogP contribution in [-0.2, 0) is 0 Å². The SMILES string of the molecule is Cc1cc([N+](=O)[O-])ccc1-c1ccc(/C=N/NC(=O)c2sc(N)c(C#N)c2C)o1. The zero-order chi connectivity index (χ0) is 21.1. The molecule has 29 heavy (non-hydrogen) atoms. The van der Waals surface area contributed by atoms with Crippen molar-refractivity contribution < 1.29 is 14.1 Å². The van der Waals surface area contributed by atoms with Gasteiger partial charge in [0.1, 0.15) is 27.5 Å². The van der Waals surface area contributed by atoms with E-state index in [1.165, 1.54) is 18.3 Å². The number of hydrogen-bond acceptors (Lipinski definition) is 8. The molecule has 3 N–H and O–H groups in total. The number of amides is 1. The van der Waals surface area contributed by atoms with Crippen molar-refractivity contribution in [2.24, 2.45) is 5.10 Å². The molecule has 10 heteroatoms. The highest BCUT2D eigenvalue weighted by atomic mass is 32.1. The van der Waals surface area contributed by atoms with Crippen molar-refractivity contribution in [3.8, 4) is 17.4 Å². The number of furan rings is 1. The van der Waals surface area contributed by atoms with Gasteiger partial charge in [0.05, 0.1) is 16.7 Å². The lowest BCUT2D eigenvalue weighted by molar-refractivity contribution is -0.384. The van der Waals surface area contributed by atoms with Crippen LogP contribution in [0.25, 0.3) is 11.3 Å². The third-order valence-electron chi connectivity index (χ3n) is 4.16. The van der Waals surface area contributed by atoms with Gasteiger partial charge < -0.3 is 10.2 Å². The van der Waals surface area contributed by atoms with E-state index in [9.17, 15) is 14.9 Å². The molecule has 0 fully saturated rings. The van der Waals surface area contributed by atoms with Gasteiger partial charge in [-0.15, -0.1) is 11.3 Å². The molecule has 0 radical (unpaired) electrons. The second kappa shape index (κ2) is 7.95. The Hall–Kier alpha value is -3.97. The van der Waals surface area contributed by atoms with Gasteiger partial charge in [0.15, 0.2) is 0 Å². The molecule has 3 rings (SSSR count). The first-order chi connectivity index (χ1) is 13.8. The molecule has 1 amide bonds. The largest absolute Gasteiger partial charge is 0.455 e. The number of rotatable bonds is 5. The van der Waals surface area contributed by atoms with Crippen LogP contribution in [-0.4, -0.2) is 17.0 Å². The zero-order valence-corrected chi connectivity index (χ0v) is 16.2. The summed E-state index contributed by atoms with van der Waals surface area (Å²) in [4.78, 5) is 22.9. The summed E-state index contributed by atoms with van der Waals surface area (Å²) in [6, 6.07) is 9.83. The topological polar surface area (TPSA) is 148 Å². The molecule has 0 saturated heterocycles. The third-order valence-corrected chi connectivity index (χ3v) is 5.28. The normalized spacial score (nSPS) is 10.8. The quantitative estimate of drug-likeness (QED) is 0.372. The van der Waals surface area contributed by atoms with Gasteiger partial charge in [0.25, 0.3) is 11.6 Å². The minimum Gasteiger partial charge on any atom is -0.455 e. The Bertz CT molecular complexity index is 1190. The number of carbonyl (C=O) groups is 1. The fourth-order valence-corrected chi connectivity index (χ4v) is 3.62. The predicted octanol–water partition coefficient (Wildman–Crippen LogP) is 3.75. The number of hydrogen-bond donors (Lipinski definition) is 2. The van der Waals surface area contributed by atoms with Crippen LogP contribution >= 0.6 is 11.3 Å². The van der Waals surface area contributed by atoms with Gasteiger partial charge in [-0.05, 0) is 43.2 Å². The van der Waals surface area contributed by atoms with Crippen molar-refractivity contribution >= 4 is 34.1 Å². The second-order valence-corrected chi connectivity index (χ2v) is 7.12. The van der Waals surface area contributed by atoms with Crippen LogP contribution in [0.2, 0.25) is 0 Å². The first-order valence-electron chi connectivity index (χ1n) is 8.29. The van der Waals surface area contributed by atoms with E-state index in [0.29, 0.717) is 38.7 Å². The molecule has 146 valence electrons. The standard InChI is InChI=1S/C19H15N5O4S/c1-10-7-12(24(26)27)3-5-14(10)16-6-4-13(28-16)9-22-23-19(25)17-11(2)15(8-20)18(21)29-17/h3-7,9H,21H2,1-2H3,(H,23,25)/b22-9+. The zero-order valence-electron chi connectivity index (χ0n) is 15.4. The van der Waals surface area contributed by atoms with Crippen molar-refractivity contribution in [1.82, 2.24) is 5.43 Å². The van der Waals surface area contributed by atoms with Crippen molar-refractivity contribution in [1.29, 1.82) is 5.26 Å². The molecule has 2 aromatic heterocycles. The summed E-state index contributed by atoms with van der Waals surface area (Å²) < 4.78 is 5.67. The number of nitrogen functional groups attached to an aromatic ring is 1. The highest BCUT2D eigenvalue weighted by Gasteiger charge is 2.18. The summed E-state index contributed by atoms with van der Waals surface area (Å²) in [5, 5.41) is 24.0. The fourth-order valence-electron chi connectivity index (χ4n) is 2.70. The third kappa shape index (κ3) is 3.99. The maximum absolute atomic E-state index is 12.2. The molecular weight excluding hydrogens is 394 g/mol. The van der Waals surface area contributed by atoms with Gasteiger partial charge in [0, 0.05) is 17.7 Å². The number of nitrogens with one attached hydrogen (secondary N) is 1. The smallest absolute Gasteiger partial charge is 0.281 e. The lowest BCUT2D eigenvalue weighted by Crippen LogP contribution is -2.17. The Morgan fingerprint density at radius 1 is 1.38 bits per heavy atom. The van der Waals surface area contributed by atoms with E-state index in [2.05, 4.69) is 10.5 Å². The van der Waals surface area contributed by atoms with Crippen LogP contribution in [0.5, 0.6) is 0 Å². The number of hydrazone groups is 1. The average molecular weight is 409 g/mol. The van der Waals surface area contributed by atoms with Gasteiger partial charge in [-0.2, -0.15) is 10.4 Å². The molecule has 0 atom stereocenters. The highest BCUT2D eigenvalue weighted by Crippen LogP contribution is 2.30. The number of thiophene rings is 1. The van der Waals surface area contributed by atoms with Crippen LogP contribution in [0, 0.1) is 35.3 Å². The molecule has 0 bridgehead atoms. The van der Waals surface area contributed by atoms with E-state index >= 15 is 0 Å². The Labute approximate surface area is 169 Å². The van der Waals surface area contributed by atoms with E-state index in [1.807, 2.05) is 6.07 Å². The van der Waals surface area contributed by atoms with Crippen molar-refractivity contribution in [2.75, 3.05) is 5.73 Å². The summed E-state index contributed by atoms with van der Waals surface area (Å²) in [5.41, 5.74) is 10.3. The highest BCUT2D eigenvalue weighted by molar-refractivity contribution is 7.18. The molecule has 9 nitrogen and oxygen atoms in total. The minimum absolute atomic E-state index is 0.00590. The molecule has 0 aliphatic carbocycles. The summed E-state index contributed by atoms with van der Waals surface area (Å²) in [6.07, 6.45) is 1.33. The van der Waals surface area contributed by atoms with Crippen LogP contribution in [0.4, 0.5) is 10.7 Å². The van der Waals surface area contributed by atoms with Gasteiger partial charge in [-0.1, -0.05) is 0 Å². The number of benzene rings is 1. The lowest BCUT2D eigenvalue weighted by atomic mass is 10.1. The summed E-state index contributed by atoms with van der Waals surface area (Å²) >= 11 is 1.02. The van der Waals surface area contributed by atoms with E-state index in [-0.39, 0.29) is 10.7 Å². The number of non-ortho nitro benzene ring substituents is 1. The summed E-state index contributed by atoms with van der Waals surface area (Å²) in [7, 11) is 0. The molecule has 2 heterocycles. The van der Waals surface area contributed by atoms with Crippen molar-refractivity contribution in [3.63, 3.8) is 0 Å². The molecule has 0 aliphatic rings. The van der Waals surface area contributed by atoms with Gasteiger partial charge >= 0.3 is 0 Å². The van der Waals surface area contributed by atoms with E-state index in [4.69, 9.17) is 15.4 Å². The Morgan fingerprint density at radius 3 is 2.76 bits per heavy atom. The fraction of sp³-hybridized carbons (Fsp3) is 0.105. The monoisotopic (exact) mass is 409 g/mol. The van der Waals surface area contributed by atoms with Crippen LogP contribution in [0.15, 0.2) is 39.9 Å². The molecule has 0 saturated carbocycles. The predicted molar refractivity (Wildman–Crippen MR) is 109 cm³/mol. The van der Waals surface area contributed by atoms with Crippen LogP contribution < -0.4 is 11.2 Å². The first kappa shape index (κ1) is 19.8. The van der Waals surface area contributed by atoms with Crippen LogP contribution in [0.3, 0.4) is 0 Å². The van der Waals surface area contributed by atoms with Gasteiger partial charge in [-0.3, -0.25) is 14.9 Å². The molecular formula is C19H15N5O4S. The minimum atomic E-state index is -0.477. The maximum Gasteiger partial charge on any atom is 0.281 e. The summed E-state index contributed by atoms with van der Waals surface area (Å²) in [5.74, 6) is 0.429. The number of nitro benzene ring substituents is 1. The Balaban J connectivity index is 1.72. The second-order valence-electron chi connectivity index (χ2n) is 6.06.